The summed E-state index contributed by atoms with van der Waals surface area (Å²) in [6, 6.07) is 31.4. The van der Waals surface area contributed by atoms with E-state index in [1.54, 1.807) is 25.3 Å². The maximum Gasteiger partial charge on any atom is 0.335 e. The molecule has 0 aliphatic rings. The monoisotopic (exact) mass is 561 g/mol. The van der Waals surface area contributed by atoms with Gasteiger partial charge in [0.1, 0.15) is 5.75 Å². The molecule has 2 amide bonds. The molecular formula is C35H35N3O4. The van der Waals surface area contributed by atoms with Crippen LogP contribution < -0.4 is 15.4 Å². The number of aromatic carboxylic acids is 1. The molecule has 7 nitrogen and oxygen atoms in total. The van der Waals surface area contributed by atoms with Crippen molar-refractivity contribution >= 4 is 28.6 Å². The molecule has 0 bridgehead atoms. The van der Waals surface area contributed by atoms with Gasteiger partial charge in [-0.1, -0.05) is 80.1 Å². The molecule has 42 heavy (non-hydrogen) atoms. The first-order valence-electron chi connectivity index (χ1n) is 14.2. The second kappa shape index (κ2) is 13.1. The molecule has 1 aromatic heterocycles. The quantitative estimate of drug-likeness (QED) is 0.146. The van der Waals surface area contributed by atoms with Crippen LogP contribution >= 0.6 is 0 Å². The van der Waals surface area contributed by atoms with Crippen LogP contribution in [-0.2, 0) is 6.42 Å². The van der Waals surface area contributed by atoms with Gasteiger partial charge in [-0.15, -0.1) is 0 Å². The van der Waals surface area contributed by atoms with Gasteiger partial charge in [-0.2, -0.15) is 0 Å². The van der Waals surface area contributed by atoms with Gasteiger partial charge in [0.05, 0.1) is 18.7 Å². The highest BCUT2D eigenvalue weighted by molar-refractivity contribution is 5.94. The van der Waals surface area contributed by atoms with Crippen LogP contribution in [0.2, 0.25) is 0 Å². The fourth-order valence-electron chi connectivity index (χ4n) is 5.32. The maximum atomic E-state index is 12.6. The number of anilines is 1. The number of methoxy groups -OCH3 is 1. The second-order valence-electron chi connectivity index (χ2n) is 10.3. The van der Waals surface area contributed by atoms with E-state index in [2.05, 4.69) is 52.6 Å². The Bertz CT molecular complexity index is 1640. The Morgan fingerprint density at radius 2 is 1.57 bits per heavy atom. The van der Waals surface area contributed by atoms with Crippen LogP contribution in [0.25, 0.3) is 10.9 Å². The average molecular weight is 562 g/mol. The number of benzene rings is 4. The van der Waals surface area contributed by atoms with Crippen LogP contribution in [0.3, 0.4) is 0 Å². The van der Waals surface area contributed by atoms with Gasteiger partial charge >= 0.3 is 12.0 Å². The number of urea groups is 1. The fraction of sp³-hybridized carbons (Fsp3) is 0.200. The number of aromatic nitrogens is 1. The highest BCUT2D eigenvalue weighted by Crippen LogP contribution is 2.36. The lowest BCUT2D eigenvalue weighted by Crippen LogP contribution is -2.29. The molecule has 0 saturated heterocycles. The Hall–Kier alpha value is -5.04. The first kappa shape index (κ1) is 28.5. The largest absolute Gasteiger partial charge is 0.496 e. The number of carbonyl (C=O) groups is 2. The number of ether oxygens (including phenoxy) is 1. The Balaban J connectivity index is 1.63. The molecular weight excluding hydrogens is 526 g/mol. The summed E-state index contributed by atoms with van der Waals surface area (Å²) in [5, 5.41) is 16.4. The first-order valence-corrected chi connectivity index (χ1v) is 14.2. The van der Waals surface area contributed by atoms with Gasteiger partial charge in [0.2, 0.25) is 0 Å². The van der Waals surface area contributed by atoms with Crippen molar-refractivity contribution in [2.24, 2.45) is 0 Å². The van der Waals surface area contributed by atoms with Crippen molar-refractivity contribution < 1.29 is 19.4 Å². The highest BCUT2D eigenvalue weighted by atomic mass is 16.5. The van der Waals surface area contributed by atoms with Crippen molar-refractivity contribution in [3.05, 3.63) is 131 Å². The lowest BCUT2D eigenvalue weighted by molar-refractivity contribution is 0.0696. The molecule has 0 unspecified atom stereocenters. The molecule has 7 heteroatoms. The number of fused-ring (bicyclic) bond motifs is 1. The molecule has 214 valence electrons. The zero-order valence-electron chi connectivity index (χ0n) is 23.8. The van der Waals surface area contributed by atoms with Crippen LogP contribution in [0.1, 0.15) is 58.4 Å². The van der Waals surface area contributed by atoms with E-state index in [1.807, 2.05) is 54.6 Å². The van der Waals surface area contributed by atoms with Crippen molar-refractivity contribution in [2.45, 2.75) is 32.2 Å². The third-order valence-electron chi connectivity index (χ3n) is 7.41. The molecule has 5 rings (SSSR count). The van der Waals surface area contributed by atoms with Gasteiger partial charge in [0.25, 0.3) is 0 Å². The average Bonchev–Trinajstić information content (AvgIpc) is 3.35. The summed E-state index contributed by atoms with van der Waals surface area (Å²) >= 11 is 0. The number of hydrogen-bond donors (Lipinski definition) is 3. The summed E-state index contributed by atoms with van der Waals surface area (Å²) in [4.78, 5) is 24.1. The number of rotatable bonds is 11. The third kappa shape index (κ3) is 6.31. The number of carboxylic acid groups (broad SMARTS) is 1. The highest BCUT2D eigenvalue weighted by Gasteiger charge is 2.21. The topological polar surface area (TPSA) is 92.6 Å². The van der Waals surface area contributed by atoms with Crippen molar-refractivity contribution in [3.63, 3.8) is 0 Å². The minimum absolute atomic E-state index is 0.0870. The molecule has 0 atom stereocenters. The van der Waals surface area contributed by atoms with Crippen molar-refractivity contribution in [1.82, 2.24) is 9.88 Å². The zero-order chi connectivity index (χ0) is 29.5. The number of hydrogen-bond acceptors (Lipinski definition) is 3. The Labute approximate surface area is 245 Å². The number of unbranched alkanes of at least 4 members (excludes halogenated alkanes) is 1. The van der Waals surface area contributed by atoms with Crippen molar-refractivity contribution in [3.8, 4) is 5.75 Å². The standard InChI is InChI=1S/C35H35N3O4/c1-3-4-19-36-35(41)37-29-17-18-31-30(22-29)28(20-26-15-16-27(34(39)40)21-32(26)42-2)23-38(31)33(24-11-7-5-8-12-24)25-13-9-6-10-14-25/h5-18,21-23,33H,3-4,19-20H2,1-2H3,(H,39,40)(H2,36,37,41). The van der Waals surface area contributed by atoms with E-state index in [4.69, 9.17) is 4.74 Å². The zero-order valence-corrected chi connectivity index (χ0v) is 23.8. The molecule has 0 aliphatic carbocycles. The van der Waals surface area contributed by atoms with Gasteiger partial charge in [-0.3, -0.25) is 0 Å². The number of carboxylic acids is 1. The summed E-state index contributed by atoms with van der Waals surface area (Å²) in [5.41, 5.74) is 6.07. The van der Waals surface area contributed by atoms with E-state index in [-0.39, 0.29) is 17.6 Å². The number of nitrogens with one attached hydrogen (secondary N) is 2. The van der Waals surface area contributed by atoms with Crippen LogP contribution in [0.15, 0.2) is 103 Å². The number of carbonyl (C=O) groups excluding carboxylic acids is 1. The first-order chi connectivity index (χ1) is 20.5. The molecule has 5 aromatic rings. The molecule has 4 aromatic carbocycles. The van der Waals surface area contributed by atoms with E-state index in [1.165, 1.54) is 0 Å². The van der Waals surface area contributed by atoms with Crippen LogP contribution in [0.5, 0.6) is 5.75 Å². The molecule has 0 saturated carbocycles. The van der Waals surface area contributed by atoms with E-state index < -0.39 is 5.97 Å². The summed E-state index contributed by atoms with van der Waals surface area (Å²) in [5.74, 6) is -0.485. The molecule has 0 fully saturated rings. The van der Waals surface area contributed by atoms with Gasteiger partial charge in [-0.05, 0) is 59.0 Å². The number of amides is 2. The van der Waals surface area contributed by atoms with Gasteiger partial charge in [0.15, 0.2) is 0 Å². The van der Waals surface area contributed by atoms with Crippen LogP contribution in [0.4, 0.5) is 10.5 Å². The molecule has 0 aliphatic heterocycles. The van der Waals surface area contributed by atoms with E-state index in [9.17, 15) is 14.7 Å². The SMILES string of the molecule is CCCCNC(=O)Nc1ccc2c(c1)c(Cc1ccc(C(=O)O)cc1OC)cn2C(c1ccccc1)c1ccccc1. The second-order valence-corrected chi connectivity index (χ2v) is 10.3. The van der Waals surface area contributed by atoms with Gasteiger partial charge < -0.3 is 25.0 Å². The Morgan fingerprint density at radius 3 is 2.19 bits per heavy atom. The summed E-state index contributed by atoms with van der Waals surface area (Å²) in [6.07, 6.45) is 4.59. The van der Waals surface area contributed by atoms with E-state index >= 15 is 0 Å². The van der Waals surface area contributed by atoms with Crippen LogP contribution in [0, 0.1) is 0 Å². The lowest BCUT2D eigenvalue weighted by Gasteiger charge is -2.21. The third-order valence-corrected chi connectivity index (χ3v) is 7.41. The fourth-order valence-corrected chi connectivity index (χ4v) is 5.32. The molecule has 0 spiro atoms. The van der Waals surface area contributed by atoms with Crippen LogP contribution in [-0.4, -0.2) is 35.3 Å². The lowest BCUT2D eigenvalue weighted by atomic mass is 9.98. The smallest absolute Gasteiger partial charge is 0.335 e. The molecule has 1 heterocycles. The maximum absolute atomic E-state index is 12.6. The summed E-state index contributed by atoms with van der Waals surface area (Å²) < 4.78 is 7.88. The predicted molar refractivity (Wildman–Crippen MR) is 167 cm³/mol. The van der Waals surface area contributed by atoms with Crippen molar-refractivity contribution in [2.75, 3.05) is 19.0 Å². The van der Waals surface area contributed by atoms with Gasteiger partial charge in [0, 0.05) is 35.8 Å². The van der Waals surface area contributed by atoms with Crippen molar-refractivity contribution in [1.29, 1.82) is 0 Å². The van der Waals surface area contributed by atoms with Gasteiger partial charge in [-0.25, -0.2) is 9.59 Å². The summed E-state index contributed by atoms with van der Waals surface area (Å²) in [7, 11) is 1.55. The van der Waals surface area contributed by atoms with E-state index in [0.29, 0.717) is 24.4 Å². The minimum atomic E-state index is -1.00. The molecule has 3 N–H and O–H groups in total. The van der Waals surface area contributed by atoms with E-state index in [0.717, 1.165) is 46.0 Å². The Morgan fingerprint density at radius 1 is 0.881 bits per heavy atom. The summed E-state index contributed by atoms with van der Waals surface area (Å²) in [6.45, 7) is 2.70. The number of nitrogens with zero attached hydrogens (tertiary/aromatic N) is 1. The Kier molecular flexibility index (Phi) is 8.87. The molecule has 0 radical (unpaired) electrons. The predicted octanol–water partition coefficient (Wildman–Crippen LogP) is 7.50. The minimum Gasteiger partial charge on any atom is -0.496 e. The normalized spacial score (nSPS) is 11.0.